The highest BCUT2D eigenvalue weighted by atomic mass is 32.2. The van der Waals surface area contributed by atoms with E-state index in [2.05, 4.69) is 6.92 Å². The fraction of sp³-hybridized carbons (Fsp3) is 0.778. The van der Waals surface area contributed by atoms with E-state index < -0.39 is 20.2 Å². The van der Waals surface area contributed by atoms with Crippen LogP contribution in [0.25, 0.3) is 0 Å². The van der Waals surface area contributed by atoms with Crippen molar-refractivity contribution >= 4 is 31.6 Å². The minimum absolute atomic E-state index is 0.0527. The molecule has 0 unspecified atom stereocenters. The fourth-order valence-corrected chi connectivity index (χ4v) is 5.37. The predicted molar refractivity (Wildman–Crippen MR) is 111 cm³/mol. The average Bonchev–Trinajstić information content (AvgIpc) is 3.00. The Bertz CT molecular complexity index is 722. The molecule has 0 atom stereocenters. The second kappa shape index (κ2) is 12.6. The molecule has 27 heavy (non-hydrogen) atoms. The third-order valence-corrected chi connectivity index (χ3v) is 7.17. The van der Waals surface area contributed by atoms with E-state index in [4.69, 9.17) is 8.37 Å². The van der Waals surface area contributed by atoms with Gasteiger partial charge in [0.2, 0.25) is 0 Å². The van der Waals surface area contributed by atoms with E-state index in [-0.39, 0.29) is 23.0 Å². The summed E-state index contributed by atoms with van der Waals surface area (Å²) in [6.07, 6.45) is 9.10. The fourth-order valence-electron chi connectivity index (χ4n) is 2.52. The van der Waals surface area contributed by atoms with Crippen LogP contribution in [-0.2, 0) is 20.2 Å². The van der Waals surface area contributed by atoms with Gasteiger partial charge in [0.05, 0.1) is 11.5 Å². The van der Waals surface area contributed by atoms with E-state index in [1.54, 1.807) is 0 Å². The first kappa shape index (κ1) is 24.2. The summed E-state index contributed by atoms with van der Waals surface area (Å²) in [5, 5.41) is 2.89. The predicted octanol–water partition coefficient (Wildman–Crippen LogP) is 5.11. The van der Waals surface area contributed by atoms with Crippen molar-refractivity contribution in [1.82, 2.24) is 0 Å². The van der Waals surface area contributed by atoms with Gasteiger partial charge in [-0.05, 0) is 12.8 Å². The van der Waals surface area contributed by atoms with Crippen LogP contribution in [0, 0.1) is 0 Å². The lowest BCUT2D eigenvalue weighted by Gasteiger charge is -2.09. The summed E-state index contributed by atoms with van der Waals surface area (Å²) in [6, 6.07) is 0. The highest BCUT2D eigenvalue weighted by Gasteiger charge is 2.21. The summed E-state index contributed by atoms with van der Waals surface area (Å²) in [4.78, 5) is 0. The minimum Gasteiger partial charge on any atom is -0.377 e. The second-order valence-corrected chi connectivity index (χ2v) is 10.7. The van der Waals surface area contributed by atoms with Crippen LogP contribution in [0.3, 0.4) is 0 Å². The Labute approximate surface area is 168 Å². The molecule has 0 aliphatic carbocycles. The van der Waals surface area contributed by atoms with Crippen LogP contribution in [0.4, 0.5) is 0 Å². The zero-order chi connectivity index (χ0) is 20.2. The van der Waals surface area contributed by atoms with Crippen LogP contribution in [0.1, 0.15) is 78.1 Å². The first-order valence-electron chi connectivity index (χ1n) is 9.70. The molecule has 1 heterocycles. The van der Waals surface area contributed by atoms with Crippen molar-refractivity contribution < 1.29 is 25.2 Å². The molecule has 0 saturated heterocycles. The Balaban J connectivity index is 2.51. The summed E-state index contributed by atoms with van der Waals surface area (Å²) in [7, 11) is -7.53. The molecule has 0 amide bonds. The van der Waals surface area contributed by atoms with Crippen molar-refractivity contribution in [3.05, 3.63) is 10.8 Å². The molecule has 1 rings (SSSR count). The van der Waals surface area contributed by atoms with Gasteiger partial charge in [0.25, 0.3) is 0 Å². The Morgan fingerprint density at radius 3 is 1.48 bits per heavy atom. The van der Waals surface area contributed by atoms with Gasteiger partial charge < -0.3 is 8.37 Å². The van der Waals surface area contributed by atoms with Crippen molar-refractivity contribution in [2.45, 2.75) is 78.1 Å². The summed E-state index contributed by atoms with van der Waals surface area (Å²) in [6.45, 7) is 4.18. The Morgan fingerprint density at radius 1 is 0.667 bits per heavy atom. The van der Waals surface area contributed by atoms with Crippen LogP contribution in [0.15, 0.2) is 10.8 Å². The molecule has 0 bridgehead atoms. The molecule has 0 fully saturated rings. The lowest BCUT2D eigenvalue weighted by Crippen LogP contribution is -2.16. The number of hydrogen-bond donors (Lipinski definition) is 0. The van der Waals surface area contributed by atoms with Gasteiger partial charge in [-0.15, -0.1) is 11.3 Å². The lowest BCUT2D eigenvalue weighted by molar-refractivity contribution is 0.448. The van der Waals surface area contributed by atoms with E-state index >= 15 is 0 Å². The molecule has 0 radical (unpaired) electrons. The molecule has 0 saturated carbocycles. The number of thiophene rings is 1. The normalized spacial score (nSPS) is 12.2. The van der Waals surface area contributed by atoms with Crippen LogP contribution in [0.2, 0.25) is 0 Å². The summed E-state index contributed by atoms with van der Waals surface area (Å²) in [5.74, 6) is -0.282. The van der Waals surface area contributed by atoms with Gasteiger partial charge in [-0.2, -0.15) is 16.8 Å². The van der Waals surface area contributed by atoms with Crippen molar-refractivity contribution in [3.8, 4) is 11.5 Å². The maximum absolute atomic E-state index is 12.1. The molecule has 158 valence electrons. The van der Waals surface area contributed by atoms with E-state index in [1.165, 1.54) is 10.8 Å². The highest BCUT2D eigenvalue weighted by Crippen LogP contribution is 2.34. The highest BCUT2D eigenvalue weighted by molar-refractivity contribution is 7.87. The first-order chi connectivity index (χ1) is 12.8. The molecule has 1 aromatic heterocycles. The van der Waals surface area contributed by atoms with E-state index in [1.807, 2.05) is 6.92 Å². The van der Waals surface area contributed by atoms with Gasteiger partial charge in [-0.3, -0.25) is 0 Å². The van der Waals surface area contributed by atoms with Crippen molar-refractivity contribution in [1.29, 1.82) is 0 Å². The number of hydrogen-bond acceptors (Lipinski definition) is 7. The van der Waals surface area contributed by atoms with E-state index in [0.29, 0.717) is 12.8 Å². The standard InChI is InChI=1S/C18H32O6S3/c1-3-5-7-9-10-12-14-27(21,22)24-18-16-25-15-17(18)23-26(19,20)13-11-8-6-4-2/h15-16H,3-14H2,1-2H3. The molecule has 6 nitrogen and oxygen atoms in total. The second-order valence-electron chi connectivity index (χ2n) is 6.62. The lowest BCUT2D eigenvalue weighted by atomic mass is 10.1. The SMILES string of the molecule is CCCCCCCCS(=O)(=O)Oc1cscc1OS(=O)(=O)CCCCCC. The van der Waals surface area contributed by atoms with Crippen molar-refractivity contribution in [2.24, 2.45) is 0 Å². The molecule has 1 aromatic rings. The molecule has 0 aliphatic heterocycles. The summed E-state index contributed by atoms with van der Waals surface area (Å²) >= 11 is 1.14. The van der Waals surface area contributed by atoms with Gasteiger partial charge in [0, 0.05) is 10.8 Å². The van der Waals surface area contributed by atoms with Gasteiger partial charge in [-0.1, -0.05) is 65.2 Å². The third kappa shape index (κ3) is 10.9. The zero-order valence-electron chi connectivity index (χ0n) is 16.3. The Hall–Kier alpha value is -0.800. The summed E-state index contributed by atoms with van der Waals surface area (Å²) in [5.41, 5.74) is 0. The maximum Gasteiger partial charge on any atom is 0.309 e. The van der Waals surface area contributed by atoms with Crippen LogP contribution >= 0.6 is 11.3 Å². The smallest absolute Gasteiger partial charge is 0.309 e. The molecule has 0 aliphatic rings. The Kier molecular flexibility index (Phi) is 11.3. The molecule has 0 N–H and O–H groups in total. The largest absolute Gasteiger partial charge is 0.377 e. The average molecular weight is 441 g/mol. The zero-order valence-corrected chi connectivity index (χ0v) is 18.8. The molecule has 0 aromatic carbocycles. The quantitative estimate of drug-likeness (QED) is 0.262. The molecular weight excluding hydrogens is 408 g/mol. The number of rotatable bonds is 16. The third-order valence-electron chi connectivity index (χ3n) is 4.02. The molecular formula is C18H32O6S3. The minimum atomic E-state index is -3.77. The first-order valence-corrected chi connectivity index (χ1v) is 13.8. The van der Waals surface area contributed by atoms with Crippen molar-refractivity contribution in [2.75, 3.05) is 11.5 Å². The molecule has 0 spiro atoms. The monoisotopic (exact) mass is 440 g/mol. The van der Waals surface area contributed by atoms with E-state index in [9.17, 15) is 16.8 Å². The van der Waals surface area contributed by atoms with E-state index in [0.717, 1.165) is 62.7 Å². The topological polar surface area (TPSA) is 86.7 Å². The molecule has 9 heteroatoms. The van der Waals surface area contributed by atoms with Crippen LogP contribution in [-0.4, -0.2) is 28.3 Å². The van der Waals surface area contributed by atoms with Crippen LogP contribution < -0.4 is 8.37 Å². The maximum atomic E-state index is 12.1. The number of unbranched alkanes of at least 4 members (excludes halogenated alkanes) is 8. The Morgan fingerprint density at radius 2 is 1.04 bits per heavy atom. The van der Waals surface area contributed by atoms with Gasteiger partial charge in [-0.25, -0.2) is 0 Å². The summed E-state index contributed by atoms with van der Waals surface area (Å²) < 4.78 is 58.5. The van der Waals surface area contributed by atoms with Gasteiger partial charge >= 0.3 is 20.2 Å². The van der Waals surface area contributed by atoms with Crippen LogP contribution in [0.5, 0.6) is 11.5 Å². The van der Waals surface area contributed by atoms with Gasteiger partial charge in [0.15, 0.2) is 11.5 Å². The van der Waals surface area contributed by atoms with Crippen molar-refractivity contribution in [3.63, 3.8) is 0 Å². The van der Waals surface area contributed by atoms with Gasteiger partial charge in [0.1, 0.15) is 0 Å².